The standard InChI is InChI=1S/C20H25N7O2/c1-2-25-5-7-26(8-6-25)16-11-17(22-15-3-4-15)27-19(23-16)14(12-21-27)9-13-10-18(28)24-20(13)29/h9,11-12,15,22H,2-8,10H2,1H3,(H,24,28,29). The molecule has 2 aromatic rings. The van der Waals surface area contributed by atoms with Gasteiger partial charge >= 0.3 is 0 Å². The molecule has 9 heteroatoms. The average molecular weight is 395 g/mol. The van der Waals surface area contributed by atoms with E-state index in [1.54, 1.807) is 16.8 Å². The van der Waals surface area contributed by atoms with Gasteiger partial charge in [-0.3, -0.25) is 14.9 Å². The molecule has 4 heterocycles. The van der Waals surface area contributed by atoms with Gasteiger partial charge in [-0.25, -0.2) is 4.98 Å². The normalized spacial score (nSPS) is 22.0. The third-order valence-corrected chi connectivity index (χ3v) is 5.78. The average Bonchev–Trinajstić information content (AvgIpc) is 3.36. The van der Waals surface area contributed by atoms with Crippen molar-refractivity contribution in [2.24, 2.45) is 0 Å². The number of rotatable bonds is 5. The third kappa shape index (κ3) is 3.57. The van der Waals surface area contributed by atoms with Crippen molar-refractivity contribution in [3.8, 4) is 0 Å². The van der Waals surface area contributed by atoms with Crippen molar-refractivity contribution in [1.82, 2.24) is 24.8 Å². The molecule has 3 aliphatic rings. The van der Waals surface area contributed by atoms with Crippen LogP contribution in [-0.2, 0) is 9.59 Å². The summed E-state index contributed by atoms with van der Waals surface area (Å²) in [5, 5.41) is 10.4. The maximum absolute atomic E-state index is 12.0. The summed E-state index contributed by atoms with van der Waals surface area (Å²) in [5.41, 5.74) is 1.89. The number of hydrogen-bond donors (Lipinski definition) is 2. The van der Waals surface area contributed by atoms with Crippen LogP contribution in [0.2, 0.25) is 0 Å². The summed E-state index contributed by atoms with van der Waals surface area (Å²) in [5.74, 6) is 1.24. The molecule has 9 nitrogen and oxygen atoms in total. The lowest BCUT2D eigenvalue weighted by atomic mass is 10.1. The minimum atomic E-state index is -0.336. The number of hydrogen-bond acceptors (Lipinski definition) is 7. The molecule has 0 spiro atoms. The molecule has 1 aliphatic carbocycles. The molecule has 0 unspecified atom stereocenters. The van der Waals surface area contributed by atoms with Crippen LogP contribution in [-0.4, -0.2) is 70.1 Å². The van der Waals surface area contributed by atoms with Gasteiger partial charge in [0.1, 0.15) is 11.6 Å². The summed E-state index contributed by atoms with van der Waals surface area (Å²) >= 11 is 0. The van der Waals surface area contributed by atoms with Gasteiger partial charge in [0, 0.05) is 49.4 Å². The van der Waals surface area contributed by atoms with Crippen molar-refractivity contribution in [1.29, 1.82) is 0 Å². The Morgan fingerprint density at radius 1 is 1.24 bits per heavy atom. The molecule has 2 aromatic heterocycles. The molecular formula is C20H25N7O2. The molecule has 1 saturated carbocycles. The van der Waals surface area contributed by atoms with Gasteiger partial charge < -0.3 is 15.1 Å². The zero-order valence-corrected chi connectivity index (χ0v) is 16.5. The number of fused-ring (bicyclic) bond motifs is 1. The molecule has 2 aliphatic heterocycles. The van der Waals surface area contributed by atoms with Gasteiger partial charge in [0.2, 0.25) is 5.91 Å². The van der Waals surface area contributed by atoms with Gasteiger partial charge in [-0.05, 0) is 25.5 Å². The number of nitrogens with one attached hydrogen (secondary N) is 2. The van der Waals surface area contributed by atoms with Gasteiger partial charge in [-0.2, -0.15) is 9.61 Å². The second-order valence-electron chi connectivity index (χ2n) is 7.90. The zero-order chi connectivity index (χ0) is 20.0. The first-order valence-electron chi connectivity index (χ1n) is 10.3. The van der Waals surface area contributed by atoms with Crippen LogP contribution in [0.15, 0.2) is 17.8 Å². The van der Waals surface area contributed by atoms with Crippen LogP contribution in [0.1, 0.15) is 31.7 Å². The monoisotopic (exact) mass is 395 g/mol. The Labute approximate surface area is 168 Å². The Morgan fingerprint density at radius 2 is 2.03 bits per heavy atom. The Hall–Kier alpha value is -2.94. The van der Waals surface area contributed by atoms with Crippen LogP contribution in [0.5, 0.6) is 0 Å². The van der Waals surface area contributed by atoms with E-state index in [0.29, 0.717) is 17.3 Å². The van der Waals surface area contributed by atoms with Crippen LogP contribution in [0.25, 0.3) is 11.7 Å². The highest BCUT2D eigenvalue weighted by molar-refractivity contribution is 6.15. The summed E-state index contributed by atoms with van der Waals surface area (Å²) in [6.07, 6.45) is 5.86. The van der Waals surface area contributed by atoms with E-state index in [2.05, 4.69) is 38.5 Å². The Kier molecular flexibility index (Phi) is 4.46. The maximum Gasteiger partial charge on any atom is 0.254 e. The van der Waals surface area contributed by atoms with Crippen LogP contribution >= 0.6 is 0 Å². The largest absolute Gasteiger partial charge is 0.367 e. The van der Waals surface area contributed by atoms with Crippen molar-refractivity contribution < 1.29 is 9.59 Å². The van der Waals surface area contributed by atoms with Crippen molar-refractivity contribution in [2.45, 2.75) is 32.2 Å². The molecule has 2 amide bonds. The SMILES string of the molecule is CCN1CCN(c2cc(NC3CC3)n3ncc(C=C4CC(=O)NC4=O)c3n2)CC1. The van der Waals surface area contributed by atoms with Gasteiger partial charge in [0.15, 0.2) is 5.65 Å². The van der Waals surface area contributed by atoms with Crippen molar-refractivity contribution in [2.75, 3.05) is 42.9 Å². The minimum Gasteiger partial charge on any atom is -0.367 e. The molecule has 2 N–H and O–H groups in total. The highest BCUT2D eigenvalue weighted by atomic mass is 16.2. The third-order valence-electron chi connectivity index (χ3n) is 5.78. The lowest BCUT2D eigenvalue weighted by Gasteiger charge is -2.35. The first kappa shape index (κ1) is 18.1. The number of likely N-dealkylation sites (N-methyl/N-ethyl adjacent to an activating group) is 1. The summed E-state index contributed by atoms with van der Waals surface area (Å²) in [6, 6.07) is 2.55. The Morgan fingerprint density at radius 3 is 2.69 bits per heavy atom. The van der Waals surface area contributed by atoms with Crippen molar-refractivity contribution in [3.05, 3.63) is 23.4 Å². The second kappa shape index (κ2) is 7.14. The van der Waals surface area contributed by atoms with Crippen LogP contribution in [0.3, 0.4) is 0 Å². The van der Waals surface area contributed by atoms with E-state index in [1.165, 1.54) is 0 Å². The minimum absolute atomic E-state index is 0.0992. The zero-order valence-electron chi connectivity index (χ0n) is 16.5. The van der Waals surface area contributed by atoms with Crippen molar-refractivity contribution in [3.63, 3.8) is 0 Å². The van der Waals surface area contributed by atoms with E-state index in [4.69, 9.17) is 4.98 Å². The van der Waals surface area contributed by atoms with Crippen molar-refractivity contribution >= 4 is 35.2 Å². The van der Waals surface area contributed by atoms with Gasteiger partial charge in [-0.1, -0.05) is 6.92 Å². The summed E-state index contributed by atoms with van der Waals surface area (Å²) < 4.78 is 1.80. The number of carbonyl (C=O) groups excluding carboxylic acids is 2. The number of aromatic nitrogens is 3. The molecule has 0 bridgehead atoms. The van der Waals surface area contributed by atoms with E-state index in [-0.39, 0.29) is 18.2 Å². The highest BCUT2D eigenvalue weighted by Crippen LogP contribution is 2.29. The quantitative estimate of drug-likeness (QED) is 0.573. The molecule has 0 atom stereocenters. The van der Waals surface area contributed by atoms with Gasteiger partial charge in [-0.15, -0.1) is 0 Å². The van der Waals surface area contributed by atoms with E-state index >= 15 is 0 Å². The first-order chi connectivity index (χ1) is 14.1. The molecule has 29 heavy (non-hydrogen) atoms. The molecular weight excluding hydrogens is 370 g/mol. The van der Waals surface area contributed by atoms with E-state index < -0.39 is 0 Å². The van der Waals surface area contributed by atoms with E-state index in [0.717, 1.165) is 62.8 Å². The van der Waals surface area contributed by atoms with Gasteiger partial charge in [0.25, 0.3) is 5.91 Å². The number of anilines is 2. The Bertz CT molecular complexity index is 1000. The molecule has 2 saturated heterocycles. The number of amides is 2. The molecule has 5 rings (SSSR count). The fraction of sp³-hybridized carbons (Fsp3) is 0.500. The lowest BCUT2D eigenvalue weighted by Crippen LogP contribution is -2.46. The molecule has 0 radical (unpaired) electrons. The predicted molar refractivity (Wildman–Crippen MR) is 110 cm³/mol. The van der Waals surface area contributed by atoms with E-state index in [1.807, 2.05) is 0 Å². The fourth-order valence-corrected chi connectivity index (χ4v) is 3.87. The first-order valence-corrected chi connectivity index (χ1v) is 10.3. The van der Waals surface area contributed by atoms with Crippen LogP contribution in [0, 0.1) is 0 Å². The summed E-state index contributed by atoms with van der Waals surface area (Å²) in [4.78, 5) is 33.1. The van der Waals surface area contributed by atoms with Crippen LogP contribution < -0.4 is 15.5 Å². The number of nitrogens with zero attached hydrogens (tertiary/aromatic N) is 5. The van der Waals surface area contributed by atoms with E-state index in [9.17, 15) is 9.59 Å². The Balaban J connectivity index is 1.53. The molecule has 0 aromatic carbocycles. The molecule has 152 valence electrons. The molecule has 3 fully saturated rings. The smallest absolute Gasteiger partial charge is 0.254 e. The van der Waals surface area contributed by atoms with Crippen LogP contribution in [0.4, 0.5) is 11.6 Å². The second-order valence-corrected chi connectivity index (χ2v) is 7.90. The summed E-state index contributed by atoms with van der Waals surface area (Å²) in [7, 11) is 0. The number of imide groups is 1. The maximum atomic E-state index is 12.0. The highest BCUT2D eigenvalue weighted by Gasteiger charge is 2.26. The number of carbonyl (C=O) groups is 2. The predicted octanol–water partition coefficient (Wildman–Crippen LogP) is 0.875. The summed E-state index contributed by atoms with van der Waals surface area (Å²) in [6.45, 7) is 7.16. The van der Waals surface area contributed by atoms with Gasteiger partial charge in [0.05, 0.1) is 12.6 Å². The fourth-order valence-electron chi connectivity index (χ4n) is 3.87. The number of piperazine rings is 1. The lowest BCUT2D eigenvalue weighted by molar-refractivity contribution is -0.124. The topological polar surface area (TPSA) is 94.9 Å².